The predicted molar refractivity (Wildman–Crippen MR) is 85.0 cm³/mol. The largest absolute Gasteiger partial charge is 0.457 e. The minimum absolute atomic E-state index is 0.00475. The van der Waals surface area contributed by atoms with Crippen LogP contribution in [0.2, 0.25) is 0 Å². The second kappa shape index (κ2) is 6.62. The van der Waals surface area contributed by atoms with Crippen LogP contribution < -0.4 is 0 Å². The Morgan fingerprint density at radius 3 is 2.33 bits per heavy atom. The van der Waals surface area contributed by atoms with Crippen LogP contribution in [0.1, 0.15) is 16.7 Å². The first kappa shape index (κ1) is 16.5. The molecule has 24 heavy (non-hydrogen) atoms. The van der Waals surface area contributed by atoms with Crippen molar-refractivity contribution in [2.45, 2.75) is 5.75 Å². The van der Waals surface area contributed by atoms with E-state index in [2.05, 4.69) is 0 Å². The summed E-state index contributed by atoms with van der Waals surface area (Å²) in [6.45, 7) is 0.0262. The number of hydrogen-bond acceptors (Lipinski definition) is 3. The predicted octanol–water partition coefficient (Wildman–Crippen LogP) is 3.15. The Hall–Kier alpha value is -2.38. The van der Waals surface area contributed by atoms with Crippen LogP contribution in [0.5, 0.6) is 0 Å². The molecule has 0 aliphatic carbocycles. The summed E-state index contributed by atoms with van der Waals surface area (Å²) in [6.07, 6.45) is 0. The summed E-state index contributed by atoms with van der Waals surface area (Å²) >= 11 is -1.94. The molecule has 0 amide bonds. The van der Waals surface area contributed by atoms with Crippen LogP contribution in [-0.2, 0) is 26.4 Å². The fourth-order valence-corrected chi connectivity index (χ4v) is 3.00. The van der Waals surface area contributed by atoms with Gasteiger partial charge in [-0.1, -0.05) is 30.3 Å². The second-order valence-electron chi connectivity index (χ2n) is 5.22. The molecule has 124 valence electrons. The van der Waals surface area contributed by atoms with Gasteiger partial charge in [-0.3, -0.25) is 0 Å². The Kier molecular flexibility index (Phi) is 4.55. The van der Waals surface area contributed by atoms with Crippen molar-refractivity contribution in [3.05, 3.63) is 70.8 Å². The van der Waals surface area contributed by atoms with Crippen LogP contribution in [0.3, 0.4) is 0 Å². The Bertz CT molecular complexity index is 859. The number of carbonyl (C=O) groups is 1. The van der Waals surface area contributed by atoms with Crippen LogP contribution in [-0.4, -0.2) is 21.3 Å². The normalized spacial score (nSPS) is 15.5. The van der Waals surface area contributed by atoms with E-state index in [1.54, 1.807) is 24.3 Å². The smallest absolute Gasteiger partial charge is 0.339 e. The molecule has 1 heterocycles. The zero-order chi connectivity index (χ0) is 17.3. The van der Waals surface area contributed by atoms with Gasteiger partial charge in [0.25, 0.3) is 0 Å². The van der Waals surface area contributed by atoms with Crippen molar-refractivity contribution in [3.63, 3.8) is 0 Å². The lowest BCUT2D eigenvalue weighted by Gasteiger charge is -2.06. The lowest BCUT2D eigenvalue weighted by atomic mass is 9.96. The van der Waals surface area contributed by atoms with E-state index >= 15 is 0 Å². The third-order valence-electron chi connectivity index (χ3n) is 3.65. The Morgan fingerprint density at radius 1 is 1.04 bits per heavy atom. The van der Waals surface area contributed by atoms with Crippen LogP contribution in [0, 0.1) is 11.6 Å². The van der Waals surface area contributed by atoms with Gasteiger partial charge in [-0.05, 0) is 28.8 Å². The lowest BCUT2D eigenvalue weighted by Crippen LogP contribution is -1.99. The molecule has 4 nitrogen and oxygen atoms in total. The minimum Gasteiger partial charge on any atom is -0.457 e. The van der Waals surface area contributed by atoms with Gasteiger partial charge in [-0.15, -0.1) is 0 Å². The molecule has 3 rings (SSSR count). The van der Waals surface area contributed by atoms with Gasteiger partial charge in [0.2, 0.25) is 0 Å². The number of hydrogen-bond donors (Lipinski definition) is 1. The number of carbonyl (C=O) groups excluding carboxylic acids is 1. The first-order valence-electron chi connectivity index (χ1n) is 6.98. The van der Waals surface area contributed by atoms with E-state index < -0.39 is 28.7 Å². The molecular formula is C17H12F2O4S. The zero-order valence-corrected chi connectivity index (χ0v) is 13.1. The maximum Gasteiger partial charge on any atom is 0.339 e. The highest BCUT2D eigenvalue weighted by molar-refractivity contribution is 7.78. The molecular weight excluding hydrogens is 338 g/mol. The monoisotopic (exact) mass is 350 g/mol. The molecule has 1 atom stereocenters. The molecule has 7 heteroatoms. The minimum atomic E-state index is -1.94. The van der Waals surface area contributed by atoms with E-state index in [-0.39, 0.29) is 23.5 Å². The van der Waals surface area contributed by atoms with Crippen molar-refractivity contribution in [1.82, 2.24) is 0 Å². The molecule has 1 aliphatic heterocycles. The van der Waals surface area contributed by atoms with Crippen LogP contribution in [0.4, 0.5) is 8.78 Å². The summed E-state index contributed by atoms with van der Waals surface area (Å²) in [5.74, 6) is -2.63. The standard InChI is InChI=1S/C17H12F2O4S/c18-14-6-5-12(7-15(14)19)16-13(8-23-17(16)20)11-3-1-10(2-4-11)9-24(21)22/h1-7H,8-9H2,(H,21,22). The number of esters is 1. The third kappa shape index (κ3) is 3.27. The number of halogens is 2. The molecule has 0 spiro atoms. The molecule has 2 aromatic carbocycles. The zero-order valence-electron chi connectivity index (χ0n) is 12.3. The van der Waals surface area contributed by atoms with Crippen molar-refractivity contribution in [1.29, 1.82) is 0 Å². The summed E-state index contributed by atoms with van der Waals surface area (Å²) in [5, 5.41) is 0. The SMILES string of the molecule is O=C1OCC(c2ccc(CS(=O)O)cc2)=C1c1ccc(F)c(F)c1. The van der Waals surface area contributed by atoms with Gasteiger partial charge >= 0.3 is 5.97 Å². The highest BCUT2D eigenvalue weighted by Gasteiger charge is 2.27. The summed E-state index contributed by atoms with van der Waals surface area (Å²) in [5.41, 5.74) is 2.33. The third-order valence-corrected chi connectivity index (χ3v) is 4.23. The quantitative estimate of drug-likeness (QED) is 0.680. The van der Waals surface area contributed by atoms with Gasteiger partial charge in [0, 0.05) is 5.57 Å². The van der Waals surface area contributed by atoms with Gasteiger partial charge in [-0.2, -0.15) is 0 Å². The number of cyclic esters (lactones) is 1. The Balaban J connectivity index is 2.02. The molecule has 0 saturated heterocycles. The van der Waals surface area contributed by atoms with Crippen molar-refractivity contribution in [3.8, 4) is 0 Å². The summed E-state index contributed by atoms with van der Waals surface area (Å²) in [7, 11) is 0. The van der Waals surface area contributed by atoms with Crippen molar-refractivity contribution >= 4 is 28.2 Å². The fourth-order valence-electron chi connectivity index (χ4n) is 2.52. The van der Waals surface area contributed by atoms with Gasteiger partial charge in [-0.25, -0.2) is 17.8 Å². The first-order valence-corrected chi connectivity index (χ1v) is 8.26. The average Bonchev–Trinajstić information content (AvgIpc) is 2.92. The maximum atomic E-state index is 13.5. The van der Waals surface area contributed by atoms with E-state index in [0.717, 1.165) is 12.1 Å². The van der Waals surface area contributed by atoms with E-state index in [1.165, 1.54) is 6.07 Å². The Labute approximate surface area is 139 Å². The summed E-state index contributed by atoms with van der Waals surface area (Å²) in [6, 6.07) is 9.97. The van der Waals surface area contributed by atoms with Crippen LogP contribution >= 0.6 is 0 Å². The second-order valence-corrected chi connectivity index (χ2v) is 6.15. The molecule has 0 saturated carbocycles. The molecule has 0 bridgehead atoms. The van der Waals surface area contributed by atoms with Crippen molar-refractivity contribution < 1.29 is 27.1 Å². The van der Waals surface area contributed by atoms with E-state index in [1.807, 2.05) is 0 Å². The number of ether oxygens (including phenoxy) is 1. The molecule has 2 aromatic rings. The molecule has 1 N–H and O–H groups in total. The number of rotatable bonds is 4. The molecule has 0 fully saturated rings. The topological polar surface area (TPSA) is 63.6 Å². The van der Waals surface area contributed by atoms with Crippen LogP contribution in [0.15, 0.2) is 42.5 Å². The van der Waals surface area contributed by atoms with Gasteiger partial charge in [0.1, 0.15) is 6.61 Å². The first-order chi connectivity index (χ1) is 11.5. The summed E-state index contributed by atoms with van der Waals surface area (Å²) < 4.78 is 51.3. The van der Waals surface area contributed by atoms with E-state index in [9.17, 15) is 17.8 Å². The van der Waals surface area contributed by atoms with Gasteiger partial charge in [0.15, 0.2) is 22.7 Å². The molecule has 0 aromatic heterocycles. The average molecular weight is 350 g/mol. The number of benzene rings is 2. The van der Waals surface area contributed by atoms with Crippen molar-refractivity contribution in [2.24, 2.45) is 0 Å². The Morgan fingerprint density at radius 2 is 1.71 bits per heavy atom. The van der Waals surface area contributed by atoms with E-state index in [0.29, 0.717) is 16.7 Å². The van der Waals surface area contributed by atoms with Gasteiger partial charge < -0.3 is 9.29 Å². The lowest BCUT2D eigenvalue weighted by molar-refractivity contribution is -0.133. The fraction of sp³-hybridized carbons (Fsp3) is 0.118. The van der Waals surface area contributed by atoms with Crippen molar-refractivity contribution in [2.75, 3.05) is 6.61 Å². The highest BCUT2D eigenvalue weighted by atomic mass is 32.2. The molecule has 1 unspecified atom stereocenters. The van der Waals surface area contributed by atoms with E-state index in [4.69, 9.17) is 9.29 Å². The molecule has 1 aliphatic rings. The van der Waals surface area contributed by atoms with Gasteiger partial charge in [0.05, 0.1) is 11.3 Å². The maximum absolute atomic E-state index is 13.5. The van der Waals surface area contributed by atoms with Crippen LogP contribution in [0.25, 0.3) is 11.1 Å². The highest BCUT2D eigenvalue weighted by Crippen LogP contribution is 2.33. The summed E-state index contributed by atoms with van der Waals surface area (Å²) in [4.78, 5) is 12.0. The molecule has 0 radical (unpaired) electrons.